The van der Waals surface area contributed by atoms with Crippen LogP contribution in [0.4, 0.5) is 0 Å². The molecule has 0 atom stereocenters. The summed E-state index contributed by atoms with van der Waals surface area (Å²) in [5.74, 6) is 0.184. The van der Waals surface area contributed by atoms with E-state index in [2.05, 4.69) is 21.4 Å². The number of benzene rings is 1. The molecule has 4 heteroatoms. The largest absolute Gasteiger partial charge is 0.274 e. The Labute approximate surface area is 97.6 Å². The Hall–Kier alpha value is -0.870. The van der Waals surface area contributed by atoms with E-state index in [9.17, 15) is 4.79 Å². The van der Waals surface area contributed by atoms with Gasteiger partial charge in [0.15, 0.2) is 0 Å². The van der Waals surface area contributed by atoms with Crippen molar-refractivity contribution in [1.82, 2.24) is 10.4 Å². The monoisotopic (exact) mass is 268 g/mol. The highest BCUT2D eigenvalue weighted by Crippen LogP contribution is 2.13. The van der Waals surface area contributed by atoms with Gasteiger partial charge in [-0.15, -0.1) is 0 Å². The van der Waals surface area contributed by atoms with Crippen molar-refractivity contribution in [2.45, 2.75) is 19.4 Å². The van der Waals surface area contributed by atoms with Gasteiger partial charge in [0.1, 0.15) is 0 Å². The van der Waals surface area contributed by atoms with Crippen molar-refractivity contribution in [3.8, 4) is 0 Å². The summed E-state index contributed by atoms with van der Waals surface area (Å²) in [5, 5.41) is 1.70. The minimum absolute atomic E-state index is 0.184. The molecule has 1 aliphatic heterocycles. The molecule has 1 amide bonds. The highest BCUT2D eigenvalue weighted by atomic mass is 79.9. The number of nitrogens with zero attached hydrogens (tertiary/aromatic N) is 1. The first kappa shape index (κ1) is 10.6. The van der Waals surface area contributed by atoms with E-state index in [1.807, 2.05) is 24.3 Å². The SMILES string of the molecule is O=C1CCCNN1Cc1ccc(Br)cc1. The zero-order valence-corrected chi connectivity index (χ0v) is 9.96. The maximum Gasteiger partial charge on any atom is 0.237 e. The van der Waals surface area contributed by atoms with Crippen LogP contribution in [0, 0.1) is 0 Å². The van der Waals surface area contributed by atoms with E-state index in [4.69, 9.17) is 0 Å². The van der Waals surface area contributed by atoms with Crippen molar-refractivity contribution in [2.75, 3.05) is 6.54 Å². The van der Waals surface area contributed by atoms with Crippen molar-refractivity contribution in [3.05, 3.63) is 34.3 Å². The molecule has 0 radical (unpaired) electrons. The van der Waals surface area contributed by atoms with Gasteiger partial charge in [-0.2, -0.15) is 0 Å². The molecule has 0 spiro atoms. The van der Waals surface area contributed by atoms with Gasteiger partial charge >= 0.3 is 0 Å². The lowest BCUT2D eigenvalue weighted by atomic mass is 10.2. The van der Waals surface area contributed by atoms with Gasteiger partial charge in [0, 0.05) is 17.4 Å². The van der Waals surface area contributed by atoms with Crippen molar-refractivity contribution in [1.29, 1.82) is 0 Å². The maximum atomic E-state index is 11.5. The Bertz CT molecular complexity index is 350. The summed E-state index contributed by atoms with van der Waals surface area (Å²) in [7, 11) is 0. The summed E-state index contributed by atoms with van der Waals surface area (Å²) in [6.07, 6.45) is 1.60. The lowest BCUT2D eigenvalue weighted by Gasteiger charge is -2.27. The standard InChI is InChI=1S/C11H13BrN2O/c12-10-5-3-9(4-6-10)8-14-11(15)2-1-7-13-14/h3-6,13H,1-2,7-8H2. The number of nitrogens with one attached hydrogen (secondary N) is 1. The molecule has 1 saturated heterocycles. The normalized spacial score (nSPS) is 16.9. The molecule has 0 bridgehead atoms. The first-order valence-corrected chi connectivity index (χ1v) is 5.83. The minimum Gasteiger partial charge on any atom is -0.274 e. The van der Waals surface area contributed by atoms with Gasteiger partial charge in [-0.1, -0.05) is 28.1 Å². The second-order valence-corrected chi connectivity index (χ2v) is 4.53. The highest BCUT2D eigenvalue weighted by Gasteiger charge is 2.17. The van der Waals surface area contributed by atoms with Crippen LogP contribution in [0.3, 0.4) is 0 Å². The fourth-order valence-corrected chi connectivity index (χ4v) is 1.86. The molecule has 0 saturated carbocycles. The van der Waals surface area contributed by atoms with Crippen LogP contribution in [0.1, 0.15) is 18.4 Å². The van der Waals surface area contributed by atoms with Crippen LogP contribution in [-0.4, -0.2) is 17.5 Å². The predicted molar refractivity (Wildman–Crippen MR) is 61.9 cm³/mol. The van der Waals surface area contributed by atoms with Gasteiger partial charge in [0.05, 0.1) is 6.54 Å². The van der Waals surface area contributed by atoms with Gasteiger partial charge in [0.25, 0.3) is 0 Å². The molecule has 1 aromatic carbocycles. The van der Waals surface area contributed by atoms with E-state index in [1.165, 1.54) is 0 Å². The number of carbonyl (C=O) groups excluding carboxylic acids is 1. The van der Waals surface area contributed by atoms with Gasteiger partial charge in [-0.3, -0.25) is 9.80 Å². The Morgan fingerprint density at radius 1 is 1.33 bits per heavy atom. The van der Waals surface area contributed by atoms with E-state index in [1.54, 1.807) is 5.01 Å². The lowest BCUT2D eigenvalue weighted by molar-refractivity contribution is -0.137. The van der Waals surface area contributed by atoms with Crippen molar-refractivity contribution >= 4 is 21.8 Å². The smallest absolute Gasteiger partial charge is 0.237 e. The Balaban J connectivity index is 2.01. The van der Waals surface area contributed by atoms with Crippen molar-refractivity contribution < 1.29 is 4.79 Å². The molecule has 3 nitrogen and oxygen atoms in total. The molecular weight excluding hydrogens is 256 g/mol. The average molecular weight is 269 g/mol. The number of amides is 1. The Morgan fingerprint density at radius 2 is 2.07 bits per heavy atom. The predicted octanol–water partition coefficient (Wildman–Crippen LogP) is 2.08. The topological polar surface area (TPSA) is 32.3 Å². The van der Waals surface area contributed by atoms with Crippen LogP contribution in [0.25, 0.3) is 0 Å². The minimum atomic E-state index is 0.184. The molecule has 0 aromatic heterocycles. The molecule has 1 fully saturated rings. The van der Waals surface area contributed by atoms with Crippen LogP contribution < -0.4 is 5.43 Å². The van der Waals surface area contributed by atoms with E-state index >= 15 is 0 Å². The summed E-state index contributed by atoms with van der Waals surface area (Å²) >= 11 is 3.39. The van der Waals surface area contributed by atoms with Gasteiger partial charge in [-0.05, 0) is 24.1 Å². The van der Waals surface area contributed by atoms with Crippen LogP contribution >= 0.6 is 15.9 Å². The van der Waals surface area contributed by atoms with Crippen LogP contribution in [-0.2, 0) is 11.3 Å². The average Bonchev–Trinajstić information content (AvgIpc) is 2.25. The van der Waals surface area contributed by atoms with Gasteiger partial charge in [-0.25, -0.2) is 5.43 Å². The zero-order valence-electron chi connectivity index (χ0n) is 8.37. The third-order valence-electron chi connectivity index (χ3n) is 2.43. The molecule has 0 aliphatic carbocycles. The molecule has 80 valence electrons. The number of carbonyl (C=O) groups is 1. The third kappa shape index (κ3) is 2.79. The maximum absolute atomic E-state index is 11.5. The number of hydrazine groups is 1. The van der Waals surface area contributed by atoms with E-state index in [0.717, 1.165) is 23.0 Å². The van der Waals surface area contributed by atoms with Gasteiger partial charge < -0.3 is 0 Å². The summed E-state index contributed by atoms with van der Waals surface area (Å²) in [5.41, 5.74) is 4.24. The van der Waals surface area contributed by atoms with E-state index in [-0.39, 0.29) is 5.91 Å². The van der Waals surface area contributed by atoms with Crippen molar-refractivity contribution in [3.63, 3.8) is 0 Å². The molecule has 1 heterocycles. The quantitative estimate of drug-likeness (QED) is 0.891. The second kappa shape index (κ2) is 4.77. The fourth-order valence-electron chi connectivity index (χ4n) is 1.59. The molecule has 1 aliphatic rings. The zero-order chi connectivity index (χ0) is 10.7. The summed E-state index contributed by atoms with van der Waals surface area (Å²) in [6, 6.07) is 8.02. The van der Waals surface area contributed by atoms with Gasteiger partial charge in [0.2, 0.25) is 5.91 Å². The molecule has 1 aromatic rings. The lowest BCUT2D eigenvalue weighted by Crippen LogP contribution is -2.46. The Morgan fingerprint density at radius 3 is 2.73 bits per heavy atom. The number of hydrogen-bond donors (Lipinski definition) is 1. The third-order valence-corrected chi connectivity index (χ3v) is 2.95. The first-order chi connectivity index (χ1) is 7.25. The molecule has 1 N–H and O–H groups in total. The summed E-state index contributed by atoms with van der Waals surface area (Å²) in [4.78, 5) is 11.5. The van der Waals surface area contributed by atoms with Crippen LogP contribution in [0.2, 0.25) is 0 Å². The summed E-state index contributed by atoms with van der Waals surface area (Å²) < 4.78 is 1.06. The molecule has 2 rings (SSSR count). The van der Waals surface area contributed by atoms with E-state index in [0.29, 0.717) is 13.0 Å². The molecule has 0 unspecified atom stereocenters. The summed E-state index contributed by atoms with van der Waals surface area (Å²) in [6.45, 7) is 1.54. The highest BCUT2D eigenvalue weighted by molar-refractivity contribution is 9.10. The van der Waals surface area contributed by atoms with Crippen LogP contribution in [0.5, 0.6) is 0 Å². The Kier molecular flexibility index (Phi) is 3.38. The van der Waals surface area contributed by atoms with Crippen molar-refractivity contribution in [2.24, 2.45) is 0 Å². The van der Waals surface area contributed by atoms with E-state index < -0.39 is 0 Å². The second-order valence-electron chi connectivity index (χ2n) is 3.62. The van der Waals surface area contributed by atoms with Crippen LogP contribution in [0.15, 0.2) is 28.7 Å². The molecular formula is C11H13BrN2O. The number of hydrogen-bond acceptors (Lipinski definition) is 2. The number of rotatable bonds is 2. The molecule has 15 heavy (non-hydrogen) atoms. The fraction of sp³-hybridized carbons (Fsp3) is 0.364. The number of halogens is 1. The first-order valence-electron chi connectivity index (χ1n) is 5.04.